The van der Waals surface area contributed by atoms with E-state index in [0.29, 0.717) is 37.1 Å². The molecule has 0 fully saturated rings. The molecule has 8 heteroatoms. The summed E-state index contributed by atoms with van der Waals surface area (Å²) in [4.78, 5) is 37.4. The van der Waals surface area contributed by atoms with Crippen LogP contribution < -0.4 is 25.1 Å². The van der Waals surface area contributed by atoms with E-state index in [1.807, 2.05) is 32.9 Å². The highest BCUT2D eigenvalue weighted by atomic mass is 16.5. The minimum Gasteiger partial charge on any atom is -0.490 e. The standard InChI is InChI=1S/C25H32N2O6/c1-7-31-19-14-17(15-20(32-8-2)22(19)33-9-3)23(29)26-27-24(30)21(28)16-10-12-18(13-11-16)25(4,5)6/h10-15H,7-9H2,1-6H3,(H,26,29)(H,27,30). The van der Waals surface area contributed by atoms with Gasteiger partial charge in [-0.2, -0.15) is 0 Å². The normalized spacial score (nSPS) is 10.8. The summed E-state index contributed by atoms with van der Waals surface area (Å²) in [6, 6.07) is 9.79. The lowest BCUT2D eigenvalue weighted by molar-refractivity contribution is -0.117. The van der Waals surface area contributed by atoms with Crippen molar-refractivity contribution >= 4 is 17.6 Å². The number of Topliss-reactive ketones (excluding diaryl/α,β-unsaturated/α-hetero) is 1. The van der Waals surface area contributed by atoms with Gasteiger partial charge in [0, 0.05) is 11.1 Å². The van der Waals surface area contributed by atoms with Crippen LogP contribution in [-0.2, 0) is 10.2 Å². The van der Waals surface area contributed by atoms with E-state index in [0.717, 1.165) is 5.56 Å². The van der Waals surface area contributed by atoms with Crippen LogP contribution >= 0.6 is 0 Å². The van der Waals surface area contributed by atoms with Crippen LogP contribution in [0.2, 0.25) is 0 Å². The topological polar surface area (TPSA) is 103 Å². The molecule has 33 heavy (non-hydrogen) atoms. The van der Waals surface area contributed by atoms with Gasteiger partial charge in [-0.25, -0.2) is 0 Å². The molecular weight excluding hydrogens is 424 g/mol. The Morgan fingerprint density at radius 1 is 0.758 bits per heavy atom. The van der Waals surface area contributed by atoms with Gasteiger partial charge in [0.2, 0.25) is 5.75 Å². The molecule has 2 aromatic rings. The van der Waals surface area contributed by atoms with Gasteiger partial charge in [0.25, 0.3) is 11.7 Å². The molecule has 0 saturated carbocycles. The molecule has 2 amide bonds. The fourth-order valence-corrected chi connectivity index (χ4v) is 3.01. The van der Waals surface area contributed by atoms with Crippen molar-refractivity contribution in [2.24, 2.45) is 0 Å². The predicted octanol–water partition coefficient (Wildman–Crippen LogP) is 3.82. The Kier molecular flexibility index (Phi) is 8.85. The quantitative estimate of drug-likeness (QED) is 0.338. The maximum absolute atomic E-state index is 12.7. The molecule has 2 N–H and O–H groups in total. The molecule has 0 atom stereocenters. The first-order valence-corrected chi connectivity index (χ1v) is 10.9. The van der Waals surface area contributed by atoms with Crippen molar-refractivity contribution in [1.82, 2.24) is 10.9 Å². The van der Waals surface area contributed by atoms with Crippen molar-refractivity contribution in [1.29, 1.82) is 0 Å². The zero-order valence-corrected chi connectivity index (χ0v) is 20.0. The highest BCUT2D eigenvalue weighted by Crippen LogP contribution is 2.39. The second-order valence-corrected chi connectivity index (χ2v) is 8.17. The van der Waals surface area contributed by atoms with E-state index < -0.39 is 17.6 Å². The van der Waals surface area contributed by atoms with Crippen LogP contribution in [-0.4, -0.2) is 37.4 Å². The van der Waals surface area contributed by atoms with Gasteiger partial charge in [0.1, 0.15) is 0 Å². The number of hydrazine groups is 1. The Balaban J connectivity index is 2.14. The summed E-state index contributed by atoms with van der Waals surface area (Å²) in [7, 11) is 0. The molecule has 0 aromatic heterocycles. The number of amides is 2. The van der Waals surface area contributed by atoms with E-state index in [1.54, 1.807) is 12.1 Å². The van der Waals surface area contributed by atoms with Gasteiger partial charge in [-0.3, -0.25) is 25.2 Å². The molecule has 0 radical (unpaired) electrons. The molecule has 2 rings (SSSR count). The summed E-state index contributed by atoms with van der Waals surface area (Å²) in [5, 5.41) is 0. The van der Waals surface area contributed by atoms with Crippen molar-refractivity contribution in [2.45, 2.75) is 47.0 Å². The smallest absolute Gasteiger partial charge is 0.310 e. The van der Waals surface area contributed by atoms with E-state index in [2.05, 4.69) is 31.6 Å². The lowest BCUT2D eigenvalue weighted by Gasteiger charge is -2.19. The van der Waals surface area contributed by atoms with Crippen molar-refractivity contribution in [2.75, 3.05) is 19.8 Å². The summed E-state index contributed by atoms with van der Waals surface area (Å²) in [5.41, 5.74) is 5.80. The molecule has 0 aliphatic heterocycles. The van der Waals surface area contributed by atoms with Gasteiger partial charge in [-0.1, -0.05) is 45.0 Å². The maximum Gasteiger partial charge on any atom is 0.310 e. The Bertz CT molecular complexity index is 966. The van der Waals surface area contributed by atoms with E-state index in [9.17, 15) is 14.4 Å². The first kappa shape index (κ1) is 25.7. The third-order valence-corrected chi connectivity index (χ3v) is 4.68. The van der Waals surface area contributed by atoms with Crippen molar-refractivity contribution in [3.63, 3.8) is 0 Å². The van der Waals surface area contributed by atoms with Crippen molar-refractivity contribution in [3.05, 3.63) is 53.1 Å². The van der Waals surface area contributed by atoms with Gasteiger partial charge in [0.15, 0.2) is 11.5 Å². The van der Waals surface area contributed by atoms with Crippen LogP contribution in [0.3, 0.4) is 0 Å². The predicted molar refractivity (Wildman–Crippen MR) is 125 cm³/mol. The van der Waals surface area contributed by atoms with Crippen LogP contribution in [0.4, 0.5) is 0 Å². The monoisotopic (exact) mass is 456 g/mol. The summed E-state index contributed by atoms with van der Waals surface area (Å²) in [6.45, 7) is 12.7. The van der Waals surface area contributed by atoms with E-state index in [4.69, 9.17) is 14.2 Å². The fourth-order valence-electron chi connectivity index (χ4n) is 3.01. The highest BCUT2D eigenvalue weighted by molar-refractivity contribution is 6.42. The number of nitrogens with one attached hydrogen (secondary N) is 2. The summed E-state index contributed by atoms with van der Waals surface area (Å²) < 4.78 is 16.8. The minimum atomic E-state index is -0.951. The molecule has 0 heterocycles. The van der Waals surface area contributed by atoms with Gasteiger partial charge in [0.05, 0.1) is 19.8 Å². The first-order valence-electron chi connectivity index (χ1n) is 10.9. The Morgan fingerprint density at radius 2 is 1.27 bits per heavy atom. The molecule has 2 aromatic carbocycles. The van der Waals surface area contributed by atoms with E-state index >= 15 is 0 Å². The molecule has 178 valence electrons. The molecule has 8 nitrogen and oxygen atoms in total. The molecule has 0 aliphatic rings. The number of carbonyl (C=O) groups is 3. The van der Waals surface area contributed by atoms with Crippen LogP contribution in [0.25, 0.3) is 0 Å². The second-order valence-electron chi connectivity index (χ2n) is 8.17. The van der Waals surface area contributed by atoms with Gasteiger partial charge in [-0.05, 0) is 43.9 Å². The Labute approximate surface area is 194 Å². The number of rotatable bonds is 9. The van der Waals surface area contributed by atoms with E-state index in [-0.39, 0.29) is 16.5 Å². The number of hydrogen-bond acceptors (Lipinski definition) is 6. The number of hydrogen-bond donors (Lipinski definition) is 2. The fraction of sp³-hybridized carbons (Fsp3) is 0.400. The third-order valence-electron chi connectivity index (χ3n) is 4.68. The lowest BCUT2D eigenvalue weighted by Crippen LogP contribution is -2.44. The maximum atomic E-state index is 12.7. The average molecular weight is 457 g/mol. The molecule has 0 saturated heterocycles. The summed E-state index contributed by atoms with van der Waals surface area (Å²) >= 11 is 0. The second kappa shape index (κ2) is 11.4. The first-order chi connectivity index (χ1) is 15.6. The third kappa shape index (κ3) is 6.71. The summed E-state index contributed by atoms with van der Waals surface area (Å²) in [6.07, 6.45) is 0. The number of ether oxygens (including phenoxy) is 3. The van der Waals surface area contributed by atoms with Crippen LogP contribution in [0.5, 0.6) is 17.2 Å². The molecular formula is C25H32N2O6. The van der Waals surface area contributed by atoms with Crippen LogP contribution in [0.1, 0.15) is 67.8 Å². The zero-order chi connectivity index (χ0) is 24.6. The Morgan fingerprint density at radius 3 is 1.73 bits per heavy atom. The highest BCUT2D eigenvalue weighted by Gasteiger charge is 2.21. The van der Waals surface area contributed by atoms with Crippen molar-refractivity contribution in [3.8, 4) is 17.2 Å². The van der Waals surface area contributed by atoms with Gasteiger partial charge >= 0.3 is 5.91 Å². The number of benzene rings is 2. The van der Waals surface area contributed by atoms with Crippen LogP contribution in [0.15, 0.2) is 36.4 Å². The number of carbonyl (C=O) groups excluding carboxylic acids is 3. The lowest BCUT2D eigenvalue weighted by atomic mass is 9.86. The minimum absolute atomic E-state index is 0.0732. The number of ketones is 1. The average Bonchev–Trinajstić information content (AvgIpc) is 2.78. The molecule has 0 bridgehead atoms. The van der Waals surface area contributed by atoms with Crippen molar-refractivity contribution < 1.29 is 28.6 Å². The molecule has 0 aliphatic carbocycles. The Hall–Kier alpha value is -3.55. The largest absolute Gasteiger partial charge is 0.490 e. The SMILES string of the molecule is CCOc1cc(C(=O)NNC(=O)C(=O)c2ccc(C(C)(C)C)cc2)cc(OCC)c1OCC. The molecule has 0 unspecified atom stereocenters. The van der Waals surface area contributed by atoms with Crippen LogP contribution in [0, 0.1) is 0 Å². The van der Waals surface area contributed by atoms with Gasteiger partial charge in [-0.15, -0.1) is 0 Å². The summed E-state index contributed by atoms with van der Waals surface area (Å²) in [5.74, 6) is -1.26. The van der Waals surface area contributed by atoms with E-state index in [1.165, 1.54) is 12.1 Å². The molecule has 0 spiro atoms. The van der Waals surface area contributed by atoms with Gasteiger partial charge < -0.3 is 14.2 Å². The zero-order valence-electron chi connectivity index (χ0n) is 20.0.